The van der Waals surface area contributed by atoms with E-state index in [-0.39, 0.29) is 12.3 Å². The predicted octanol–water partition coefficient (Wildman–Crippen LogP) is 3.33. The van der Waals surface area contributed by atoms with Gasteiger partial charge in [-0.3, -0.25) is 0 Å². The molecule has 4 heterocycles. The Hall–Kier alpha value is -3.39. The Morgan fingerprint density at radius 2 is 2.07 bits per heavy atom. The molecule has 0 spiro atoms. The lowest BCUT2D eigenvalue weighted by molar-refractivity contribution is -0.0156. The largest absolute Gasteiger partial charge is 0.491 e. The van der Waals surface area contributed by atoms with Crippen LogP contribution in [0.2, 0.25) is 0 Å². The molecule has 3 aromatic heterocycles. The Labute approximate surface area is 167 Å². The van der Waals surface area contributed by atoms with E-state index in [0.29, 0.717) is 18.3 Å². The number of rotatable bonds is 5. The number of benzene rings is 1. The van der Waals surface area contributed by atoms with E-state index in [1.807, 2.05) is 41.1 Å². The second kappa shape index (κ2) is 7.21. The molecule has 2 atom stereocenters. The summed E-state index contributed by atoms with van der Waals surface area (Å²) in [5.41, 5.74) is 7.40. The number of nitrogens with zero attached hydrogens (tertiary/aromatic N) is 4. The molecule has 0 saturated carbocycles. The summed E-state index contributed by atoms with van der Waals surface area (Å²) in [5.74, 6) is 1.82. The predicted molar refractivity (Wildman–Crippen MR) is 109 cm³/mol. The highest BCUT2D eigenvalue weighted by molar-refractivity contribution is 5.82. The Bertz CT molecular complexity index is 1180. The van der Waals surface area contributed by atoms with Gasteiger partial charge in [0.25, 0.3) is 0 Å². The number of ether oxygens (including phenoxy) is 3. The molecule has 1 saturated heterocycles. The van der Waals surface area contributed by atoms with E-state index in [2.05, 4.69) is 15.0 Å². The van der Waals surface area contributed by atoms with Gasteiger partial charge in [0.1, 0.15) is 36.4 Å². The minimum absolute atomic E-state index is 0.00526. The van der Waals surface area contributed by atoms with Crippen molar-refractivity contribution in [3.63, 3.8) is 0 Å². The highest BCUT2D eigenvalue weighted by Gasteiger charge is 2.28. The molecule has 1 fully saturated rings. The van der Waals surface area contributed by atoms with Crippen LogP contribution in [-0.4, -0.2) is 39.3 Å². The summed E-state index contributed by atoms with van der Waals surface area (Å²) in [6.45, 7) is 0.474. The Morgan fingerprint density at radius 3 is 2.97 bits per heavy atom. The van der Waals surface area contributed by atoms with Gasteiger partial charge in [-0.1, -0.05) is 0 Å². The lowest BCUT2D eigenvalue weighted by Crippen LogP contribution is -2.18. The van der Waals surface area contributed by atoms with E-state index in [4.69, 9.17) is 19.9 Å². The first kappa shape index (κ1) is 17.7. The van der Waals surface area contributed by atoms with Crippen LogP contribution in [-0.2, 0) is 4.74 Å². The summed E-state index contributed by atoms with van der Waals surface area (Å²) in [7, 11) is 1.61. The maximum atomic E-state index is 6.22. The average Bonchev–Trinajstić information content (AvgIpc) is 3.38. The average molecular weight is 391 g/mol. The molecule has 0 bridgehead atoms. The van der Waals surface area contributed by atoms with Crippen LogP contribution in [0, 0.1) is 0 Å². The van der Waals surface area contributed by atoms with Crippen molar-refractivity contribution in [2.75, 3.05) is 19.5 Å². The van der Waals surface area contributed by atoms with Crippen molar-refractivity contribution >= 4 is 27.8 Å². The maximum Gasteiger partial charge on any atom is 0.225 e. The van der Waals surface area contributed by atoms with E-state index in [0.717, 1.165) is 40.5 Å². The monoisotopic (exact) mass is 391 g/mol. The minimum Gasteiger partial charge on any atom is -0.491 e. The zero-order chi connectivity index (χ0) is 19.8. The summed E-state index contributed by atoms with van der Waals surface area (Å²) in [6, 6.07) is 11.5. The molecule has 1 aliphatic heterocycles. The van der Waals surface area contributed by atoms with Gasteiger partial charge in [0, 0.05) is 17.6 Å². The van der Waals surface area contributed by atoms with Crippen LogP contribution in [0.15, 0.2) is 48.9 Å². The fourth-order valence-corrected chi connectivity index (χ4v) is 3.75. The first-order valence-electron chi connectivity index (χ1n) is 9.51. The molecule has 0 amide bonds. The van der Waals surface area contributed by atoms with Crippen LogP contribution >= 0.6 is 0 Å². The number of aromatic nitrogens is 4. The molecule has 8 nitrogen and oxygen atoms in total. The Morgan fingerprint density at radius 1 is 1.17 bits per heavy atom. The number of methoxy groups -OCH3 is 1. The van der Waals surface area contributed by atoms with Crippen LogP contribution in [0.4, 0.5) is 5.82 Å². The molecule has 29 heavy (non-hydrogen) atoms. The third kappa shape index (κ3) is 3.31. The zero-order valence-electron chi connectivity index (χ0n) is 16.0. The van der Waals surface area contributed by atoms with Crippen LogP contribution < -0.4 is 15.2 Å². The first-order valence-corrected chi connectivity index (χ1v) is 9.51. The number of fused-ring (bicyclic) bond motifs is 2. The minimum atomic E-state index is -0.0845. The molecule has 1 aromatic carbocycles. The third-order valence-electron chi connectivity index (χ3n) is 5.18. The molecule has 5 rings (SSSR count). The van der Waals surface area contributed by atoms with Gasteiger partial charge in [0.15, 0.2) is 0 Å². The molecule has 1 aliphatic rings. The Kier molecular flexibility index (Phi) is 4.40. The number of pyridine rings is 1. The van der Waals surface area contributed by atoms with Gasteiger partial charge in [-0.2, -0.15) is 0 Å². The van der Waals surface area contributed by atoms with Gasteiger partial charge in [-0.15, -0.1) is 0 Å². The topological polar surface area (TPSA) is 97.3 Å². The molecule has 1 unspecified atom stereocenters. The highest BCUT2D eigenvalue weighted by Crippen LogP contribution is 2.33. The fraction of sp³-hybridized carbons (Fsp3) is 0.286. The standard InChI is InChI=1S/C21H21N5O3/c1-27-21-16-8-9-26(20(16)23-12-24-21)19-7-5-15(29-19)11-28-14-4-2-13-3-6-18(22)25-17(13)10-14/h2-4,6,8-10,12,15,19H,5,7,11H2,1H3,(H2,22,25)/t15-,19?/m0/s1. The van der Waals surface area contributed by atoms with Crippen molar-refractivity contribution in [3.8, 4) is 11.6 Å². The van der Waals surface area contributed by atoms with Crippen molar-refractivity contribution < 1.29 is 14.2 Å². The summed E-state index contributed by atoms with van der Waals surface area (Å²) in [5, 5.41) is 1.90. The molecule has 148 valence electrons. The van der Waals surface area contributed by atoms with Gasteiger partial charge in [-0.05, 0) is 43.2 Å². The van der Waals surface area contributed by atoms with Gasteiger partial charge >= 0.3 is 0 Å². The molecule has 0 aliphatic carbocycles. The fourth-order valence-electron chi connectivity index (χ4n) is 3.75. The number of hydrogen-bond donors (Lipinski definition) is 1. The molecule has 4 aromatic rings. The van der Waals surface area contributed by atoms with Crippen molar-refractivity contribution in [1.29, 1.82) is 0 Å². The van der Waals surface area contributed by atoms with Crippen LogP contribution in [0.1, 0.15) is 19.1 Å². The molecule has 8 heteroatoms. The van der Waals surface area contributed by atoms with Gasteiger partial charge < -0.3 is 24.5 Å². The summed E-state index contributed by atoms with van der Waals surface area (Å²) >= 11 is 0. The third-order valence-corrected chi connectivity index (χ3v) is 5.18. The molecule has 2 N–H and O–H groups in total. The summed E-state index contributed by atoms with van der Waals surface area (Å²) in [4.78, 5) is 12.9. The molecular formula is C21H21N5O3. The van der Waals surface area contributed by atoms with E-state index in [1.54, 1.807) is 13.2 Å². The summed E-state index contributed by atoms with van der Waals surface area (Å²) < 4.78 is 19.5. The number of anilines is 1. The second-order valence-electron chi connectivity index (χ2n) is 7.03. The molecule has 0 radical (unpaired) electrons. The maximum absolute atomic E-state index is 6.22. The van der Waals surface area contributed by atoms with Crippen molar-refractivity contribution in [2.45, 2.75) is 25.2 Å². The Balaban J connectivity index is 1.27. The smallest absolute Gasteiger partial charge is 0.225 e. The SMILES string of the molecule is COc1ncnc2c1ccn2C1CC[C@@H](COc2ccc3ccc(N)nc3c2)O1. The zero-order valence-corrected chi connectivity index (χ0v) is 16.0. The summed E-state index contributed by atoms with van der Waals surface area (Å²) in [6.07, 6.45) is 5.19. The van der Waals surface area contributed by atoms with Crippen LogP contribution in [0.25, 0.3) is 21.9 Å². The van der Waals surface area contributed by atoms with Crippen molar-refractivity contribution in [2.24, 2.45) is 0 Å². The highest BCUT2D eigenvalue weighted by atomic mass is 16.6. The number of nitrogens with two attached hydrogens (primary N) is 1. The van der Waals surface area contributed by atoms with Gasteiger partial charge in [-0.25, -0.2) is 15.0 Å². The van der Waals surface area contributed by atoms with Crippen LogP contribution in [0.5, 0.6) is 11.6 Å². The van der Waals surface area contributed by atoms with Crippen molar-refractivity contribution in [1.82, 2.24) is 19.5 Å². The van der Waals surface area contributed by atoms with E-state index < -0.39 is 0 Å². The van der Waals surface area contributed by atoms with E-state index >= 15 is 0 Å². The van der Waals surface area contributed by atoms with Gasteiger partial charge in [0.05, 0.1) is 24.1 Å². The van der Waals surface area contributed by atoms with Crippen molar-refractivity contribution in [3.05, 3.63) is 48.9 Å². The second-order valence-corrected chi connectivity index (χ2v) is 7.03. The quantitative estimate of drug-likeness (QED) is 0.557. The lowest BCUT2D eigenvalue weighted by Gasteiger charge is -2.16. The van der Waals surface area contributed by atoms with Gasteiger partial charge in [0.2, 0.25) is 5.88 Å². The normalized spacial score (nSPS) is 19.1. The lowest BCUT2D eigenvalue weighted by atomic mass is 10.2. The van der Waals surface area contributed by atoms with E-state index in [1.165, 1.54) is 6.33 Å². The van der Waals surface area contributed by atoms with E-state index in [9.17, 15) is 0 Å². The van der Waals surface area contributed by atoms with Crippen LogP contribution in [0.3, 0.4) is 0 Å². The number of hydrogen-bond acceptors (Lipinski definition) is 7. The first-order chi connectivity index (χ1) is 14.2. The number of nitrogen functional groups attached to an aromatic ring is 1. The molecular weight excluding hydrogens is 370 g/mol.